The first-order valence-electron chi connectivity index (χ1n) is 5.70. The van der Waals surface area contributed by atoms with Crippen molar-refractivity contribution in [3.05, 3.63) is 23.4 Å². The second-order valence-electron chi connectivity index (χ2n) is 5.64. The summed E-state index contributed by atoms with van der Waals surface area (Å²) in [6.07, 6.45) is 5.33. The van der Waals surface area contributed by atoms with Gasteiger partial charge in [-0.15, -0.1) is 0 Å². The third kappa shape index (κ3) is 1.99. The Morgan fingerprint density at radius 2 is 2.13 bits per heavy atom. The van der Waals surface area contributed by atoms with E-state index in [2.05, 4.69) is 31.8 Å². The molecule has 0 aromatic carbocycles. The summed E-state index contributed by atoms with van der Waals surface area (Å²) >= 11 is 0. The first-order valence-corrected chi connectivity index (χ1v) is 5.70. The first kappa shape index (κ1) is 10.5. The zero-order chi connectivity index (χ0) is 11.1. The number of anilines is 1. The van der Waals surface area contributed by atoms with E-state index >= 15 is 0 Å². The van der Waals surface area contributed by atoms with Crippen LogP contribution < -0.4 is 5.73 Å². The lowest BCUT2D eigenvalue weighted by Crippen LogP contribution is -2.27. The first-order chi connectivity index (χ1) is 6.98. The number of hydrogen-bond acceptors (Lipinski definition) is 2. The van der Waals surface area contributed by atoms with Crippen LogP contribution in [-0.2, 0) is 12.8 Å². The summed E-state index contributed by atoms with van der Waals surface area (Å²) in [6, 6.07) is 2.13. The number of nitrogens with zero attached hydrogens (tertiary/aromatic N) is 1. The molecular weight excluding hydrogens is 184 g/mol. The molecule has 0 saturated carbocycles. The monoisotopic (exact) mass is 204 g/mol. The van der Waals surface area contributed by atoms with Crippen LogP contribution in [-0.4, -0.2) is 4.98 Å². The summed E-state index contributed by atoms with van der Waals surface area (Å²) in [5, 5.41) is 0. The van der Waals surface area contributed by atoms with Gasteiger partial charge in [0.15, 0.2) is 0 Å². The summed E-state index contributed by atoms with van der Waals surface area (Å²) in [6.45, 7) is 6.98. The molecule has 0 radical (unpaired) electrons. The van der Waals surface area contributed by atoms with Gasteiger partial charge < -0.3 is 5.73 Å². The molecule has 82 valence electrons. The molecule has 1 atom stereocenters. The predicted molar refractivity (Wildman–Crippen MR) is 63.6 cm³/mol. The highest BCUT2D eigenvalue weighted by Crippen LogP contribution is 2.38. The molecule has 1 aromatic heterocycles. The Hall–Kier alpha value is -1.05. The number of nitrogens with two attached hydrogens (primary N) is 1. The van der Waals surface area contributed by atoms with Crippen LogP contribution in [0.2, 0.25) is 0 Å². The van der Waals surface area contributed by atoms with Crippen LogP contribution in [0.4, 0.5) is 5.82 Å². The van der Waals surface area contributed by atoms with Crippen LogP contribution >= 0.6 is 0 Å². The number of hydrogen-bond donors (Lipinski definition) is 1. The molecule has 2 rings (SSSR count). The minimum atomic E-state index is 0.399. The highest BCUT2D eigenvalue weighted by atomic mass is 14.8. The third-order valence-corrected chi connectivity index (χ3v) is 3.62. The van der Waals surface area contributed by atoms with Crippen molar-refractivity contribution in [2.45, 2.75) is 40.0 Å². The largest absolute Gasteiger partial charge is 0.383 e. The van der Waals surface area contributed by atoms with Gasteiger partial charge in [0.25, 0.3) is 0 Å². The van der Waals surface area contributed by atoms with Crippen molar-refractivity contribution < 1.29 is 0 Å². The lowest BCUT2D eigenvalue weighted by atomic mass is 9.71. The lowest BCUT2D eigenvalue weighted by molar-refractivity contribution is 0.216. The van der Waals surface area contributed by atoms with E-state index in [1.54, 1.807) is 0 Å². The summed E-state index contributed by atoms with van der Waals surface area (Å²) < 4.78 is 0. The molecule has 0 aliphatic heterocycles. The van der Waals surface area contributed by atoms with E-state index < -0.39 is 0 Å². The topological polar surface area (TPSA) is 38.9 Å². The van der Waals surface area contributed by atoms with Crippen molar-refractivity contribution in [3.8, 4) is 0 Å². The quantitative estimate of drug-likeness (QED) is 0.705. The maximum Gasteiger partial charge on any atom is 0.126 e. The van der Waals surface area contributed by atoms with Gasteiger partial charge in [-0.2, -0.15) is 0 Å². The van der Waals surface area contributed by atoms with E-state index in [0.717, 1.165) is 24.6 Å². The van der Waals surface area contributed by atoms with Crippen molar-refractivity contribution in [2.75, 3.05) is 5.73 Å². The average Bonchev–Trinajstić information content (AvgIpc) is 2.16. The molecule has 1 aliphatic rings. The summed E-state index contributed by atoms with van der Waals surface area (Å²) in [7, 11) is 0. The molecule has 2 nitrogen and oxygen atoms in total. The normalized spacial score (nSPS) is 21.1. The minimum absolute atomic E-state index is 0.399. The SMILES string of the molecule is CC(C)(C)[C@H]1CCc2c(ccnc2N)C1. The van der Waals surface area contributed by atoms with Crippen LogP contribution in [0.5, 0.6) is 0 Å². The molecule has 0 spiro atoms. The summed E-state index contributed by atoms with van der Waals surface area (Å²) in [4.78, 5) is 4.16. The standard InChI is InChI=1S/C13H20N2/c1-13(2,3)10-4-5-11-9(8-10)6-7-15-12(11)14/h6-7,10H,4-5,8H2,1-3H3,(H2,14,15)/t10-/m0/s1. The average molecular weight is 204 g/mol. The van der Waals surface area contributed by atoms with Gasteiger partial charge in [-0.1, -0.05) is 20.8 Å². The Kier molecular flexibility index (Phi) is 2.45. The predicted octanol–water partition coefficient (Wildman–Crippen LogP) is 2.81. The van der Waals surface area contributed by atoms with Gasteiger partial charge in [0.1, 0.15) is 5.82 Å². The van der Waals surface area contributed by atoms with E-state index in [-0.39, 0.29) is 0 Å². The molecular formula is C13H20N2. The van der Waals surface area contributed by atoms with E-state index in [0.29, 0.717) is 5.41 Å². The van der Waals surface area contributed by atoms with Crippen LogP contribution in [0.1, 0.15) is 38.3 Å². The van der Waals surface area contributed by atoms with E-state index in [1.165, 1.54) is 17.5 Å². The van der Waals surface area contributed by atoms with Gasteiger partial charge in [0, 0.05) is 6.20 Å². The maximum absolute atomic E-state index is 5.88. The van der Waals surface area contributed by atoms with E-state index in [9.17, 15) is 0 Å². The maximum atomic E-state index is 5.88. The van der Waals surface area contributed by atoms with Gasteiger partial charge in [0.05, 0.1) is 0 Å². The van der Waals surface area contributed by atoms with Crippen LogP contribution in [0.15, 0.2) is 12.3 Å². The smallest absolute Gasteiger partial charge is 0.126 e. The molecule has 0 fully saturated rings. The van der Waals surface area contributed by atoms with Crippen molar-refractivity contribution in [3.63, 3.8) is 0 Å². The summed E-state index contributed by atoms with van der Waals surface area (Å²) in [5.74, 6) is 1.51. The van der Waals surface area contributed by atoms with Crippen molar-refractivity contribution in [2.24, 2.45) is 11.3 Å². The highest BCUT2D eigenvalue weighted by molar-refractivity contribution is 5.45. The zero-order valence-corrected chi connectivity index (χ0v) is 9.88. The number of pyridine rings is 1. The fourth-order valence-corrected chi connectivity index (χ4v) is 2.46. The molecule has 0 bridgehead atoms. The van der Waals surface area contributed by atoms with Gasteiger partial charge in [0.2, 0.25) is 0 Å². The van der Waals surface area contributed by atoms with Crippen molar-refractivity contribution in [1.29, 1.82) is 0 Å². The molecule has 2 heteroatoms. The van der Waals surface area contributed by atoms with Gasteiger partial charge in [-0.05, 0) is 47.8 Å². The Balaban J connectivity index is 2.28. The number of fused-ring (bicyclic) bond motifs is 1. The minimum Gasteiger partial charge on any atom is -0.383 e. The molecule has 0 amide bonds. The molecule has 1 aliphatic carbocycles. The Bertz CT molecular complexity index is 363. The Morgan fingerprint density at radius 1 is 1.40 bits per heavy atom. The molecule has 0 unspecified atom stereocenters. The summed E-state index contributed by atoms with van der Waals surface area (Å²) in [5.41, 5.74) is 8.98. The Labute approximate surface area is 91.9 Å². The van der Waals surface area contributed by atoms with Crippen molar-refractivity contribution in [1.82, 2.24) is 4.98 Å². The molecule has 2 N–H and O–H groups in total. The van der Waals surface area contributed by atoms with Crippen LogP contribution in [0.25, 0.3) is 0 Å². The number of aromatic nitrogens is 1. The second kappa shape index (κ2) is 3.51. The van der Waals surface area contributed by atoms with Gasteiger partial charge >= 0.3 is 0 Å². The van der Waals surface area contributed by atoms with E-state index in [1.807, 2.05) is 6.20 Å². The lowest BCUT2D eigenvalue weighted by Gasteiger charge is -2.35. The molecule has 1 aromatic rings. The third-order valence-electron chi connectivity index (χ3n) is 3.62. The fraction of sp³-hybridized carbons (Fsp3) is 0.615. The number of nitrogen functional groups attached to an aromatic ring is 1. The Morgan fingerprint density at radius 3 is 2.80 bits per heavy atom. The molecule has 15 heavy (non-hydrogen) atoms. The van der Waals surface area contributed by atoms with Gasteiger partial charge in [-0.25, -0.2) is 4.98 Å². The highest BCUT2D eigenvalue weighted by Gasteiger charge is 2.29. The van der Waals surface area contributed by atoms with Crippen LogP contribution in [0.3, 0.4) is 0 Å². The molecule has 0 saturated heterocycles. The number of rotatable bonds is 0. The fourth-order valence-electron chi connectivity index (χ4n) is 2.46. The van der Waals surface area contributed by atoms with Crippen molar-refractivity contribution >= 4 is 5.82 Å². The zero-order valence-electron chi connectivity index (χ0n) is 9.88. The second-order valence-corrected chi connectivity index (χ2v) is 5.64. The van der Waals surface area contributed by atoms with Crippen LogP contribution in [0, 0.1) is 11.3 Å². The van der Waals surface area contributed by atoms with Gasteiger partial charge in [-0.3, -0.25) is 0 Å². The van der Waals surface area contributed by atoms with E-state index in [4.69, 9.17) is 5.73 Å². The molecule has 1 heterocycles.